The zero-order valence-electron chi connectivity index (χ0n) is 13.5. The van der Waals surface area contributed by atoms with Crippen molar-refractivity contribution in [2.75, 3.05) is 11.9 Å². The van der Waals surface area contributed by atoms with Crippen molar-refractivity contribution in [1.82, 2.24) is 5.32 Å². The highest BCUT2D eigenvalue weighted by Gasteiger charge is 2.36. The van der Waals surface area contributed by atoms with Crippen molar-refractivity contribution in [2.45, 2.75) is 12.5 Å². The SMILES string of the molecule is C[C@@](NC(=O)c1cccc2c1OCC(=O)N2)(C(N)=O)c1ccccc1. The molecule has 0 aliphatic carbocycles. The number of nitrogens with one attached hydrogen (secondary N) is 2. The molecule has 1 aliphatic rings. The van der Waals surface area contributed by atoms with Crippen LogP contribution in [0.5, 0.6) is 5.75 Å². The number of carbonyl (C=O) groups excluding carboxylic acids is 3. The molecule has 1 atom stereocenters. The van der Waals surface area contributed by atoms with Gasteiger partial charge in [-0.25, -0.2) is 0 Å². The van der Waals surface area contributed by atoms with Gasteiger partial charge in [0.2, 0.25) is 5.91 Å². The monoisotopic (exact) mass is 339 g/mol. The molecule has 4 N–H and O–H groups in total. The van der Waals surface area contributed by atoms with Crippen molar-refractivity contribution in [1.29, 1.82) is 0 Å². The summed E-state index contributed by atoms with van der Waals surface area (Å²) in [5, 5.41) is 5.32. The molecule has 128 valence electrons. The number of carbonyl (C=O) groups is 3. The van der Waals surface area contributed by atoms with E-state index >= 15 is 0 Å². The highest BCUT2D eigenvalue weighted by Crippen LogP contribution is 2.32. The van der Waals surface area contributed by atoms with Gasteiger partial charge in [0.05, 0.1) is 11.3 Å². The maximum atomic E-state index is 12.8. The minimum atomic E-state index is -1.39. The summed E-state index contributed by atoms with van der Waals surface area (Å²) in [7, 11) is 0. The van der Waals surface area contributed by atoms with Gasteiger partial charge < -0.3 is 21.1 Å². The van der Waals surface area contributed by atoms with E-state index in [1.165, 1.54) is 0 Å². The van der Waals surface area contributed by atoms with Gasteiger partial charge in [-0.1, -0.05) is 36.4 Å². The molecule has 1 aliphatic heterocycles. The Morgan fingerprint density at radius 2 is 1.88 bits per heavy atom. The summed E-state index contributed by atoms with van der Waals surface area (Å²) in [5.41, 5.74) is 5.33. The molecule has 1 heterocycles. The Kier molecular flexibility index (Phi) is 4.14. The van der Waals surface area contributed by atoms with Crippen molar-refractivity contribution < 1.29 is 19.1 Å². The molecule has 0 radical (unpaired) electrons. The second-order valence-electron chi connectivity index (χ2n) is 5.83. The van der Waals surface area contributed by atoms with Crippen LogP contribution in [0.2, 0.25) is 0 Å². The van der Waals surface area contributed by atoms with E-state index in [0.717, 1.165) is 0 Å². The van der Waals surface area contributed by atoms with Crippen molar-refractivity contribution in [2.24, 2.45) is 5.73 Å². The smallest absolute Gasteiger partial charge is 0.262 e. The quantitative estimate of drug-likeness (QED) is 0.776. The first-order chi connectivity index (χ1) is 11.9. The lowest BCUT2D eigenvalue weighted by molar-refractivity contribution is -0.123. The third-order valence-corrected chi connectivity index (χ3v) is 4.09. The van der Waals surface area contributed by atoms with Crippen LogP contribution in [-0.4, -0.2) is 24.3 Å². The topological polar surface area (TPSA) is 111 Å². The van der Waals surface area contributed by atoms with Crippen LogP contribution >= 0.6 is 0 Å². The number of rotatable bonds is 4. The van der Waals surface area contributed by atoms with E-state index in [2.05, 4.69) is 10.6 Å². The Labute approximate surface area is 144 Å². The number of nitrogens with two attached hydrogens (primary N) is 1. The van der Waals surface area contributed by atoms with Gasteiger partial charge in [-0.05, 0) is 24.6 Å². The van der Waals surface area contributed by atoms with E-state index < -0.39 is 17.4 Å². The lowest BCUT2D eigenvalue weighted by atomic mass is 9.90. The van der Waals surface area contributed by atoms with Gasteiger partial charge in [0, 0.05) is 0 Å². The molecule has 3 amide bonds. The Hall–Kier alpha value is -3.35. The van der Waals surface area contributed by atoms with Gasteiger partial charge in [-0.2, -0.15) is 0 Å². The Balaban J connectivity index is 1.95. The number of primary amides is 1. The minimum Gasteiger partial charge on any atom is -0.481 e. The van der Waals surface area contributed by atoms with Crippen LogP contribution in [0, 0.1) is 0 Å². The molecule has 0 bridgehead atoms. The van der Waals surface area contributed by atoms with Gasteiger partial charge in [-0.15, -0.1) is 0 Å². The number of hydrogen-bond acceptors (Lipinski definition) is 4. The first-order valence-corrected chi connectivity index (χ1v) is 7.65. The number of fused-ring (bicyclic) bond motifs is 1. The van der Waals surface area contributed by atoms with Crippen LogP contribution in [0.25, 0.3) is 0 Å². The molecule has 0 spiro atoms. The predicted octanol–water partition coefficient (Wildman–Crippen LogP) is 1.15. The van der Waals surface area contributed by atoms with Gasteiger partial charge in [0.15, 0.2) is 12.4 Å². The summed E-state index contributed by atoms with van der Waals surface area (Å²) in [6.07, 6.45) is 0. The fraction of sp³-hybridized carbons (Fsp3) is 0.167. The molecule has 3 rings (SSSR count). The number of anilines is 1. The largest absolute Gasteiger partial charge is 0.481 e. The molecular weight excluding hydrogens is 322 g/mol. The van der Waals surface area contributed by atoms with E-state index in [0.29, 0.717) is 11.3 Å². The summed E-state index contributed by atoms with van der Waals surface area (Å²) in [4.78, 5) is 36.2. The first-order valence-electron chi connectivity index (χ1n) is 7.65. The average molecular weight is 339 g/mol. The van der Waals surface area contributed by atoms with Gasteiger partial charge in [0.25, 0.3) is 11.8 Å². The second-order valence-corrected chi connectivity index (χ2v) is 5.83. The molecule has 0 saturated carbocycles. The Morgan fingerprint density at radius 1 is 1.16 bits per heavy atom. The molecule has 2 aromatic carbocycles. The van der Waals surface area contributed by atoms with Gasteiger partial charge in [-0.3, -0.25) is 14.4 Å². The number of benzene rings is 2. The normalized spacial score (nSPS) is 15.2. The number of amides is 3. The van der Waals surface area contributed by atoms with Crippen molar-refractivity contribution in [3.05, 3.63) is 59.7 Å². The molecule has 2 aromatic rings. The van der Waals surface area contributed by atoms with Crippen molar-refractivity contribution in [3.63, 3.8) is 0 Å². The minimum absolute atomic E-state index is 0.178. The zero-order chi connectivity index (χ0) is 18.0. The highest BCUT2D eigenvalue weighted by molar-refractivity contribution is 6.05. The second kappa shape index (κ2) is 6.27. The Bertz CT molecular complexity index is 851. The lowest BCUT2D eigenvalue weighted by Gasteiger charge is -2.29. The molecule has 0 fully saturated rings. The van der Waals surface area contributed by atoms with Crippen molar-refractivity contribution in [3.8, 4) is 5.75 Å². The molecule has 7 nitrogen and oxygen atoms in total. The van der Waals surface area contributed by atoms with Gasteiger partial charge in [0.1, 0.15) is 5.54 Å². The van der Waals surface area contributed by atoms with Crippen LogP contribution < -0.4 is 21.1 Å². The zero-order valence-corrected chi connectivity index (χ0v) is 13.5. The molecule has 0 unspecified atom stereocenters. The molecule has 7 heteroatoms. The van der Waals surface area contributed by atoms with Gasteiger partial charge >= 0.3 is 0 Å². The highest BCUT2D eigenvalue weighted by atomic mass is 16.5. The Morgan fingerprint density at radius 3 is 2.56 bits per heavy atom. The average Bonchev–Trinajstić information content (AvgIpc) is 2.61. The van der Waals surface area contributed by atoms with Crippen LogP contribution in [0.15, 0.2) is 48.5 Å². The lowest BCUT2D eigenvalue weighted by Crippen LogP contribution is -2.52. The van der Waals surface area contributed by atoms with Crippen LogP contribution in [-0.2, 0) is 15.1 Å². The standard InChI is InChI=1S/C18H17N3O4/c1-18(17(19)24,11-6-3-2-4-7-11)21-16(23)12-8-5-9-13-15(12)25-10-14(22)20-13/h2-9H,10H2,1H3,(H2,19,24)(H,20,22)(H,21,23)/t18-/m0/s1. The number of ether oxygens (including phenoxy) is 1. The maximum Gasteiger partial charge on any atom is 0.262 e. The fourth-order valence-corrected chi connectivity index (χ4v) is 2.64. The number of para-hydroxylation sites is 1. The number of hydrogen-bond donors (Lipinski definition) is 3. The van der Waals surface area contributed by atoms with Crippen LogP contribution in [0.3, 0.4) is 0 Å². The maximum absolute atomic E-state index is 12.8. The predicted molar refractivity (Wildman–Crippen MR) is 91.0 cm³/mol. The van der Waals surface area contributed by atoms with E-state index in [4.69, 9.17) is 10.5 Å². The third-order valence-electron chi connectivity index (χ3n) is 4.09. The third kappa shape index (κ3) is 3.03. The summed E-state index contributed by atoms with van der Waals surface area (Å²) in [6.45, 7) is 1.36. The van der Waals surface area contributed by atoms with Crippen LogP contribution in [0.4, 0.5) is 5.69 Å². The summed E-state index contributed by atoms with van der Waals surface area (Å²) >= 11 is 0. The molecular formula is C18H17N3O4. The summed E-state index contributed by atoms with van der Waals surface area (Å²) < 4.78 is 5.38. The molecule has 0 aromatic heterocycles. The first kappa shape index (κ1) is 16.5. The van der Waals surface area contributed by atoms with E-state index in [-0.39, 0.29) is 23.8 Å². The molecule has 25 heavy (non-hydrogen) atoms. The summed E-state index contributed by atoms with van der Waals surface area (Å²) in [6, 6.07) is 13.5. The van der Waals surface area contributed by atoms with Crippen molar-refractivity contribution >= 4 is 23.4 Å². The van der Waals surface area contributed by atoms with E-state index in [1.807, 2.05) is 0 Å². The fourth-order valence-electron chi connectivity index (χ4n) is 2.64. The van der Waals surface area contributed by atoms with Crippen LogP contribution in [0.1, 0.15) is 22.8 Å². The van der Waals surface area contributed by atoms with E-state index in [9.17, 15) is 14.4 Å². The summed E-state index contributed by atoms with van der Waals surface area (Å²) in [5.74, 6) is -1.25. The molecule has 0 saturated heterocycles. The van der Waals surface area contributed by atoms with E-state index in [1.54, 1.807) is 55.5 Å².